The first-order valence-corrected chi connectivity index (χ1v) is 10.7. The molecule has 0 fully saturated rings. The lowest BCUT2D eigenvalue weighted by Gasteiger charge is -2.27. The zero-order valence-corrected chi connectivity index (χ0v) is 19.3. The van der Waals surface area contributed by atoms with Gasteiger partial charge >= 0.3 is 0 Å². The summed E-state index contributed by atoms with van der Waals surface area (Å²) in [7, 11) is 4.02. The van der Waals surface area contributed by atoms with Crippen molar-refractivity contribution in [3.63, 3.8) is 0 Å². The fraction of sp³-hybridized carbons (Fsp3) is 0.261. The molecule has 160 valence electrons. The van der Waals surface area contributed by atoms with Crippen LogP contribution in [0.15, 0.2) is 53.4 Å². The number of nitrogens with zero attached hydrogens (tertiary/aromatic N) is 4. The molecule has 0 unspecified atom stereocenters. The van der Waals surface area contributed by atoms with Gasteiger partial charge in [0.15, 0.2) is 5.82 Å². The highest BCUT2D eigenvalue weighted by molar-refractivity contribution is 9.10. The van der Waals surface area contributed by atoms with Gasteiger partial charge in [0.25, 0.3) is 0 Å². The molecule has 0 saturated carbocycles. The van der Waals surface area contributed by atoms with E-state index >= 15 is 4.39 Å². The summed E-state index contributed by atoms with van der Waals surface area (Å²) in [5, 5.41) is 4.26. The average Bonchev–Trinajstić information content (AvgIpc) is 2.75. The molecule has 4 aromatic rings. The van der Waals surface area contributed by atoms with Gasteiger partial charge in [-0.15, -0.1) is 0 Å². The van der Waals surface area contributed by atoms with Gasteiger partial charge in [0.1, 0.15) is 24.0 Å². The Labute approximate surface area is 188 Å². The van der Waals surface area contributed by atoms with Gasteiger partial charge in [-0.3, -0.25) is 4.98 Å². The van der Waals surface area contributed by atoms with Gasteiger partial charge in [-0.25, -0.2) is 14.4 Å². The minimum atomic E-state index is -0.383. The molecule has 0 spiro atoms. The zero-order chi connectivity index (χ0) is 22.1. The maximum atomic E-state index is 15.1. The van der Waals surface area contributed by atoms with E-state index in [1.54, 1.807) is 30.5 Å². The molecule has 0 aliphatic rings. The normalized spacial score (nSPS) is 13.5. The lowest BCUT2D eigenvalue weighted by molar-refractivity contribution is 0.123. The third-order valence-corrected chi connectivity index (χ3v) is 5.90. The highest BCUT2D eigenvalue weighted by Gasteiger charge is 2.20. The van der Waals surface area contributed by atoms with E-state index in [0.29, 0.717) is 39.1 Å². The van der Waals surface area contributed by atoms with Crippen molar-refractivity contribution < 1.29 is 9.13 Å². The number of pyridine rings is 1. The number of anilines is 2. The number of nitrogens with one attached hydrogen (secondary N) is 1. The SMILES string of the molecule is C[C@H](Oc1cc(Br)cc2ncnc(Nc3ccc4ncccc4c3F)c12)[C@@H](C)N(C)C. The Morgan fingerprint density at radius 2 is 1.87 bits per heavy atom. The van der Waals surface area contributed by atoms with Gasteiger partial charge in [-0.05, 0) is 64.3 Å². The molecule has 0 bridgehead atoms. The largest absolute Gasteiger partial charge is 0.488 e. The summed E-state index contributed by atoms with van der Waals surface area (Å²) in [4.78, 5) is 15.1. The Morgan fingerprint density at radius 1 is 1.06 bits per heavy atom. The second-order valence-electron chi connectivity index (χ2n) is 7.67. The van der Waals surface area contributed by atoms with Crippen LogP contribution in [-0.2, 0) is 0 Å². The third-order valence-electron chi connectivity index (χ3n) is 5.45. The van der Waals surface area contributed by atoms with Crippen molar-refractivity contribution in [2.24, 2.45) is 0 Å². The zero-order valence-electron chi connectivity index (χ0n) is 17.7. The molecular weight excluding hydrogens is 461 g/mol. The van der Waals surface area contributed by atoms with Crippen molar-refractivity contribution in [2.45, 2.75) is 26.0 Å². The molecular formula is C23H23BrFN5O. The first-order valence-electron chi connectivity index (χ1n) is 9.92. The van der Waals surface area contributed by atoms with Crippen molar-refractivity contribution in [1.29, 1.82) is 0 Å². The Morgan fingerprint density at radius 3 is 2.65 bits per heavy atom. The summed E-state index contributed by atoms with van der Waals surface area (Å²) in [6.07, 6.45) is 3.00. The van der Waals surface area contributed by atoms with E-state index < -0.39 is 0 Å². The number of hydrogen-bond donors (Lipinski definition) is 1. The van der Waals surface area contributed by atoms with Gasteiger partial charge in [0.2, 0.25) is 0 Å². The monoisotopic (exact) mass is 483 g/mol. The first kappa shape index (κ1) is 21.4. The quantitative estimate of drug-likeness (QED) is 0.388. The Kier molecular flexibility index (Phi) is 6.02. The van der Waals surface area contributed by atoms with Crippen LogP contribution in [0.2, 0.25) is 0 Å². The van der Waals surface area contributed by atoms with Crippen molar-refractivity contribution >= 4 is 49.2 Å². The number of fused-ring (bicyclic) bond motifs is 2. The number of rotatable bonds is 6. The van der Waals surface area contributed by atoms with E-state index in [2.05, 4.69) is 48.0 Å². The molecule has 6 nitrogen and oxygen atoms in total. The van der Waals surface area contributed by atoms with E-state index in [1.165, 1.54) is 6.33 Å². The topological polar surface area (TPSA) is 63.2 Å². The summed E-state index contributed by atoms with van der Waals surface area (Å²) in [5.74, 6) is 0.711. The number of likely N-dealkylation sites (N-methyl/N-ethyl adjacent to an activating group) is 1. The van der Waals surface area contributed by atoms with Gasteiger partial charge < -0.3 is 15.0 Å². The summed E-state index contributed by atoms with van der Waals surface area (Å²) < 4.78 is 22.3. The number of hydrogen-bond acceptors (Lipinski definition) is 6. The Bertz CT molecular complexity index is 1250. The van der Waals surface area contributed by atoms with E-state index in [0.717, 1.165) is 4.47 Å². The summed E-state index contributed by atoms with van der Waals surface area (Å²) in [6, 6.07) is 10.8. The molecule has 8 heteroatoms. The second-order valence-corrected chi connectivity index (χ2v) is 8.59. The fourth-order valence-corrected chi connectivity index (χ4v) is 3.79. The van der Waals surface area contributed by atoms with Crippen LogP contribution in [0.1, 0.15) is 13.8 Å². The van der Waals surface area contributed by atoms with Crippen molar-refractivity contribution in [3.8, 4) is 5.75 Å². The minimum Gasteiger partial charge on any atom is -0.488 e. The highest BCUT2D eigenvalue weighted by atomic mass is 79.9. The van der Waals surface area contributed by atoms with Crippen LogP contribution >= 0.6 is 15.9 Å². The van der Waals surface area contributed by atoms with Crippen LogP contribution in [0.4, 0.5) is 15.9 Å². The molecule has 0 aliphatic carbocycles. The van der Waals surface area contributed by atoms with Gasteiger partial charge in [0.05, 0.1) is 22.1 Å². The van der Waals surface area contributed by atoms with Gasteiger partial charge in [-0.1, -0.05) is 15.9 Å². The molecule has 1 N–H and O–H groups in total. The van der Waals surface area contributed by atoms with Crippen LogP contribution in [0, 0.1) is 5.82 Å². The van der Waals surface area contributed by atoms with E-state index in [1.807, 2.05) is 33.2 Å². The Balaban J connectivity index is 1.79. The maximum absolute atomic E-state index is 15.1. The predicted octanol–water partition coefficient (Wildman–Crippen LogP) is 5.54. The maximum Gasteiger partial charge on any atom is 0.156 e. The predicted molar refractivity (Wildman–Crippen MR) is 125 cm³/mol. The lowest BCUT2D eigenvalue weighted by atomic mass is 10.1. The van der Waals surface area contributed by atoms with Crippen LogP contribution < -0.4 is 10.1 Å². The van der Waals surface area contributed by atoms with Crippen LogP contribution in [0.25, 0.3) is 21.8 Å². The van der Waals surface area contributed by atoms with E-state index in [4.69, 9.17) is 4.74 Å². The van der Waals surface area contributed by atoms with Gasteiger partial charge in [-0.2, -0.15) is 0 Å². The molecule has 31 heavy (non-hydrogen) atoms. The molecule has 2 aromatic heterocycles. The smallest absolute Gasteiger partial charge is 0.156 e. The molecule has 2 atom stereocenters. The van der Waals surface area contributed by atoms with E-state index in [-0.39, 0.29) is 18.0 Å². The molecule has 0 radical (unpaired) electrons. The summed E-state index contributed by atoms with van der Waals surface area (Å²) in [6.45, 7) is 4.11. The summed E-state index contributed by atoms with van der Waals surface area (Å²) in [5.41, 5.74) is 1.59. The molecule has 2 aromatic carbocycles. The van der Waals surface area contributed by atoms with Crippen molar-refractivity contribution in [2.75, 3.05) is 19.4 Å². The average molecular weight is 484 g/mol. The molecule has 2 heterocycles. The van der Waals surface area contributed by atoms with E-state index in [9.17, 15) is 0 Å². The number of ether oxygens (including phenoxy) is 1. The molecule has 0 aliphatic heterocycles. The number of benzene rings is 2. The van der Waals surface area contributed by atoms with Crippen LogP contribution in [0.3, 0.4) is 0 Å². The molecule has 4 rings (SSSR count). The molecule has 0 amide bonds. The minimum absolute atomic E-state index is 0.0935. The lowest BCUT2D eigenvalue weighted by Crippen LogP contribution is -2.38. The molecule has 0 saturated heterocycles. The van der Waals surface area contributed by atoms with Crippen molar-refractivity contribution in [3.05, 3.63) is 59.2 Å². The summed E-state index contributed by atoms with van der Waals surface area (Å²) >= 11 is 3.53. The van der Waals surface area contributed by atoms with Crippen molar-refractivity contribution in [1.82, 2.24) is 19.9 Å². The number of halogens is 2. The number of aromatic nitrogens is 3. The standard InChI is InChI=1S/C23H23BrFN5O/c1-13(30(3)4)14(2)31-20-11-15(24)10-19-21(20)23(28-12-27-19)29-18-8-7-17-16(22(18)25)6-5-9-26-17/h5-14H,1-4H3,(H,27,28,29)/t13-,14+/m1/s1. The van der Waals surface area contributed by atoms with Gasteiger partial charge in [0, 0.05) is 22.1 Å². The van der Waals surface area contributed by atoms with Crippen LogP contribution in [-0.4, -0.2) is 46.1 Å². The Hall–Kier alpha value is -2.84. The van der Waals surface area contributed by atoms with Crippen LogP contribution in [0.5, 0.6) is 5.75 Å². The highest BCUT2D eigenvalue weighted by Crippen LogP contribution is 2.36. The third kappa shape index (κ3) is 4.31. The first-order chi connectivity index (χ1) is 14.8. The second kappa shape index (κ2) is 8.72. The fourth-order valence-electron chi connectivity index (χ4n) is 3.37.